The quantitative estimate of drug-likeness (QED) is 0.872. The molecule has 0 aliphatic carbocycles. The van der Waals surface area contributed by atoms with E-state index in [0.29, 0.717) is 16.1 Å². The van der Waals surface area contributed by atoms with Crippen LogP contribution >= 0.6 is 23.1 Å². The number of hydrogen-bond donors (Lipinski definition) is 2. The van der Waals surface area contributed by atoms with Crippen molar-refractivity contribution in [3.8, 4) is 6.07 Å². The second-order valence-corrected chi connectivity index (χ2v) is 8.05. The van der Waals surface area contributed by atoms with Crippen molar-refractivity contribution in [2.45, 2.75) is 18.6 Å². The molecule has 20 heavy (non-hydrogen) atoms. The summed E-state index contributed by atoms with van der Waals surface area (Å²) in [6, 6.07) is 2.08. The third-order valence-corrected chi connectivity index (χ3v) is 5.66. The van der Waals surface area contributed by atoms with E-state index in [0.717, 1.165) is 23.8 Å². The van der Waals surface area contributed by atoms with Gasteiger partial charge in [-0.15, -0.1) is 11.3 Å². The molecular formula is C13H18N4OS2. The number of carbonyl (C=O) groups excluding carboxylic acids is 1. The first-order valence-corrected chi connectivity index (χ1v) is 8.13. The summed E-state index contributed by atoms with van der Waals surface area (Å²) in [6.07, 6.45) is 0. The van der Waals surface area contributed by atoms with Gasteiger partial charge in [0.1, 0.15) is 15.9 Å². The van der Waals surface area contributed by atoms with Gasteiger partial charge in [-0.05, 0) is 13.8 Å². The van der Waals surface area contributed by atoms with Crippen LogP contribution in [-0.4, -0.2) is 36.5 Å². The molecule has 0 bridgehead atoms. The molecule has 1 amide bonds. The first-order valence-electron chi connectivity index (χ1n) is 6.33. The molecule has 2 rings (SSSR count). The highest BCUT2D eigenvalue weighted by Gasteiger charge is 2.32. The summed E-state index contributed by atoms with van der Waals surface area (Å²) in [5.41, 5.74) is 6.70. The molecule has 1 aromatic heterocycles. The van der Waals surface area contributed by atoms with Crippen molar-refractivity contribution >= 4 is 39.7 Å². The predicted octanol–water partition coefficient (Wildman–Crippen LogP) is 1.89. The topological polar surface area (TPSA) is 82.2 Å². The van der Waals surface area contributed by atoms with Gasteiger partial charge in [0.2, 0.25) is 0 Å². The molecular weight excluding hydrogens is 292 g/mol. The lowest BCUT2D eigenvalue weighted by molar-refractivity contribution is 0.0965. The molecule has 5 nitrogen and oxygen atoms in total. The number of rotatable bonds is 2. The number of hydrogen-bond acceptors (Lipinski definition) is 6. The average molecular weight is 310 g/mol. The minimum Gasteiger partial charge on any atom is -0.396 e. The lowest BCUT2D eigenvalue weighted by Gasteiger charge is -2.38. The van der Waals surface area contributed by atoms with Gasteiger partial charge in [0.25, 0.3) is 5.91 Å². The maximum atomic E-state index is 12.1. The zero-order chi connectivity index (χ0) is 14.9. The van der Waals surface area contributed by atoms with Gasteiger partial charge in [-0.25, -0.2) is 0 Å². The van der Waals surface area contributed by atoms with Crippen LogP contribution in [0.1, 0.15) is 29.1 Å². The summed E-state index contributed by atoms with van der Waals surface area (Å²) in [6.45, 7) is 6.08. The molecule has 0 aromatic carbocycles. The van der Waals surface area contributed by atoms with Crippen LogP contribution in [0.25, 0.3) is 0 Å². The lowest BCUT2D eigenvalue weighted by Crippen LogP contribution is -2.43. The fourth-order valence-corrected chi connectivity index (χ4v) is 4.42. The largest absolute Gasteiger partial charge is 0.396 e. The zero-order valence-electron chi connectivity index (χ0n) is 11.8. The number of anilines is 2. The van der Waals surface area contributed by atoms with E-state index in [2.05, 4.69) is 30.1 Å². The third kappa shape index (κ3) is 2.72. The predicted molar refractivity (Wildman–Crippen MR) is 85.6 cm³/mol. The van der Waals surface area contributed by atoms with E-state index < -0.39 is 0 Å². The number of thiophene rings is 1. The van der Waals surface area contributed by atoms with Gasteiger partial charge in [-0.2, -0.15) is 17.0 Å². The van der Waals surface area contributed by atoms with Crippen LogP contribution in [0.15, 0.2) is 0 Å². The van der Waals surface area contributed by atoms with Crippen molar-refractivity contribution in [2.75, 3.05) is 36.5 Å². The molecule has 1 saturated heterocycles. The van der Waals surface area contributed by atoms with Crippen LogP contribution in [0.5, 0.6) is 0 Å². The maximum absolute atomic E-state index is 12.1. The number of thioether (sulfide) groups is 1. The minimum atomic E-state index is -0.230. The number of nitrogens with two attached hydrogens (primary N) is 1. The van der Waals surface area contributed by atoms with E-state index in [4.69, 9.17) is 11.0 Å². The second-order valence-electron chi connectivity index (χ2n) is 5.25. The highest BCUT2D eigenvalue weighted by atomic mass is 32.2. The van der Waals surface area contributed by atoms with Gasteiger partial charge >= 0.3 is 0 Å². The summed E-state index contributed by atoms with van der Waals surface area (Å²) in [7, 11) is 1.57. The number of amides is 1. The summed E-state index contributed by atoms with van der Waals surface area (Å²) in [5.74, 6) is 0.770. The van der Waals surface area contributed by atoms with E-state index in [1.165, 1.54) is 11.3 Å². The second kappa shape index (κ2) is 5.54. The molecule has 2 heterocycles. The van der Waals surface area contributed by atoms with Gasteiger partial charge in [0.05, 0.1) is 11.3 Å². The van der Waals surface area contributed by atoms with Crippen LogP contribution in [0, 0.1) is 11.3 Å². The maximum Gasteiger partial charge on any atom is 0.256 e. The van der Waals surface area contributed by atoms with Crippen molar-refractivity contribution in [1.82, 2.24) is 5.32 Å². The van der Waals surface area contributed by atoms with E-state index in [1.807, 2.05) is 11.8 Å². The first-order chi connectivity index (χ1) is 9.39. The van der Waals surface area contributed by atoms with Crippen LogP contribution in [-0.2, 0) is 0 Å². The molecule has 0 atom stereocenters. The van der Waals surface area contributed by atoms with Crippen molar-refractivity contribution in [2.24, 2.45) is 0 Å². The standard InChI is InChI=1S/C13H18N4OS2/c1-13(2)7-17(4-5-19-13)12-9(11(18)16-3)10(15)8(6-14)20-12/h4-5,7,15H2,1-3H3,(H,16,18). The number of nitrogen functional groups attached to an aromatic ring is 1. The summed E-state index contributed by atoms with van der Waals surface area (Å²) in [4.78, 5) is 14.6. The Kier molecular flexibility index (Phi) is 4.16. The average Bonchev–Trinajstić information content (AvgIpc) is 2.73. The number of carbonyl (C=O) groups is 1. The molecule has 0 saturated carbocycles. The molecule has 108 valence electrons. The van der Waals surface area contributed by atoms with Crippen molar-refractivity contribution in [3.05, 3.63) is 10.4 Å². The van der Waals surface area contributed by atoms with Gasteiger partial charge in [0, 0.05) is 30.6 Å². The minimum absolute atomic E-state index is 0.129. The Morgan fingerprint density at radius 2 is 2.25 bits per heavy atom. The number of nitrogens with zero attached hydrogens (tertiary/aromatic N) is 2. The molecule has 3 N–H and O–H groups in total. The highest BCUT2D eigenvalue weighted by molar-refractivity contribution is 8.00. The molecule has 1 fully saturated rings. The molecule has 0 spiro atoms. The molecule has 1 aliphatic heterocycles. The Hall–Kier alpha value is -1.39. The summed E-state index contributed by atoms with van der Waals surface area (Å²) in [5, 5.41) is 12.6. The molecule has 1 aromatic rings. The van der Waals surface area contributed by atoms with Gasteiger partial charge < -0.3 is 16.0 Å². The molecule has 1 aliphatic rings. The summed E-state index contributed by atoms with van der Waals surface area (Å²) < 4.78 is 0.129. The lowest BCUT2D eigenvalue weighted by atomic mass is 10.1. The van der Waals surface area contributed by atoms with Crippen LogP contribution in [0.3, 0.4) is 0 Å². The Bertz CT molecular complexity index is 574. The fourth-order valence-electron chi connectivity index (χ4n) is 2.27. The Balaban J connectivity index is 2.45. The molecule has 0 radical (unpaired) electrons. The van der Waals surface area contributed by atoms with Crippen molar-refractivity contribution in [1.29, 1.82) is 5.26 Å². The van der Waals surface area contributed by atoms with Gasteiger partial charge in [-0.1, -0.05) is 0 Å². The van der Waals surface area contributed by atoms with Crippen molar-refractivity contribution in [3.63, 3.8) is 0 Å². The third-order valence-electron chi connectivity index (χ3n) is 3.20. The van der Waals surface area contributed by atoms with Crippen LogP contribution in [0.4, 0.5) is 10.7 Å². The van der Waals surface area contributed by atoms with Gasteiger partial charge in [-0.3, -0.25) is 4.79 Å². The van der Waals surface area contributed by atoms with E-state index in [1.54, 1.807) is 7.05 Å². The number of nitrogens with one attached hydrogen (secondary N) is 1. The van der Waals surface area contributed by atoms with Crippen LogP contribution in [0.2, 0.25) is 0 Å². The van der Waals surface area contributed by atoms with Crippen molar-refractivity contribution < 1.29 is 4.79 Å². The van der Waals surface area contributed by atoms with Crippen LogP contribution < -0.4 is 16.0 Å². The summed E-state index contributed by atoms with van der Waals surface area (Å²) >= 11 is 3.23. The van der Waals surface area contributed by atoms with E-state index in [9.17, 15) is 4.79 Å². The monoisotopic (exact) mass is 310 g/mol. The fraction of sp³-hybridized carbons (Fsp3) is 0.538. The Morgan fingerprint density at radius 1 is 1.55 bits per heavy atom. The highest BCUT2D eigenvalue weighted by Crippen LogP contribution is 2.41. The Morgan fingerprint density at radius 3 is 2.80 bits per heavy atom. The first kappa shape index (κ1) is 15.0. The van der Waals surface area contributed by atoms with Gasteiger partial charge in [0.15, 0.2) is 0 Å². The smallest absolute Gasteiger partial charge is 0.256 e. The zero-order valence-corrected chi connectivity index (χ0v) is 13.5. The van der Waals surface area contributed by atoms with E-state index >= 15 is 0 Å². The number of nitriles is 1. The molecule has 0 unspecified atom stereocenters. The van der Waals surface area contributed by atoms with E-state index in [-0.39, 0.29) is 10.7 Å². The normalized spacial score (nSPS) is 17.6. The molecule has 7 heteroatoms. The Labute approximate surface area is 127 Å². The SMILES string of the molecule is CNC(=O)c1c(N2CCSC(C)(C)C2)sc(C#N)c1N.